The summed E-state index contributed by atoms with van der Waals surface area (Å²) in [6.07, 6.45) is 4.18. The first-order valence-corrected chi connectivity index (χ1v) is 25.5. The molecule has 3 N–H and O–H groups in total. The third-order valence-electron chi connectivity index (χ3n) is 15.4. The van der Waals surface area contributed by atoms with Crippen LogP contribution >= 0.6 is 0 Å². The third kappa shape index (κ3) is 9.45. The minimum Gasteiger partial charge on any atom is -0.453 e. The molecular formula is C55H61F5N9O4. The van der Waals surface area contributed by atoms with Crippen LogP contribution in [-0.2, 0) is 20.0 Å². The van der Waals surface area contributed by atoms with E-state index in [2.05, 4.69) is 15.3 Å². The van der Waals surface area contributed by atoms with Crippen molar-refractivity contribution in [3.8, 4) is 0 Å². The molecule has 10 rings (SSSR count). The Balaban J connectivity index is 1.00. The Bertz CT molecular complexity index is 3020. The number of fused-ring (bicyclic) bond motifs is 2. The maximum atomic E-state index is 16.9. The van der Waals surface area contributed by atoms with Gasteiger partial charge in [0.05, 0.1) is 59.8 Å². The molecule has 6 aromatic rings. The molecule has 2 aromatic heterocycles. The molecule has 4 fully saturated rings. The molecule has 18 heteroatoms. The number of nitrogens with zero attached hydrogens (tertiary/aromatic N) is 6. The number of methoxy groups -OCH3 is 1. The molecule has 4 aliphatic rings. The van der Waals surface area contributed by atoms with Gasteiger partial charge < -0.3 is 39.6 Å². The predicted octanol–water partition coefficient (Wildman–Crippen LogP) is 11.1. The normalized spacial score (nSPS) is 21.6. The lowest BCUT2D eigenvalue weighted by Crippen LogP contribution is -2.51. The van der Waals surface area contributed by atoms with E-state index in [4.69, 9.17) is 14.7 Å². The number of hydrogen-bond acceptors (Lipinski definition) is 8. The molecule has 13 nitrogen and oxygen atoms in total. The molecule has 0 saturated carbocycles. The summed E-state index contributed by atoms with van der Waals surface area (Å²) in [6.45, 7) is 8.60. The lowest BCUT2D eigenvalue weighted by Gasteiger charge is -2.38. The molecule has 73 heavy (non-hydrogen) atoms. The monoisotopic (exact) mass is 1010 g/mol. The fourth-order valence-electron chi connectivity index (χ4n) is 11.7. The van der Waals surface area contributed by atoms with Gasteiger partial charge in [0.25, 0.3) is 0 Å². The van der Waals surface area contributed by atoms with E-state index in [0.717, 1.165) is 6.42 Å². The summed E-state index contributed by atoms with van der Waals surface area (Å²) in [6, 6.07) is 13.6. The number of anilines is 2. The van der Waals surface area contributed by atoms with Gasteiger partial charge in [-0.05, 0) is 92.3 Å². The zero-order valence-electron chi connectivity index (χ0n) is 41.7. The van der Waals surface area contributed by atoms with Crippen molar-refractivity contribution in [2.45, 2.75) is 115 Å². The SMILES string of the molecule is COC(=O)N[C@H](C(=O)N1CCC[C@H]1c1nc2cc([C@H]3CC[C@H](c4cc5nc([C@@H]6CCCN6C(=O)[CH]C(C)C)[nH]c5cc4F)N3c3cc(F)c(N4CCC(F)(c5ccccc5)CC4)c(F)c3)c(F)cc2[nH]1)C(C)C. The average Bonchev–Trinajstić information content (AvgIpc) is 4.22. The number of hydrogen-bond donors (Lipinski definition) is 3. The van der Waals surface area contributed by atoms with Crippen LogP contribution in [0.15, 0.2) is 66.7 Å². The van der Waals surface area contributed by atoms with Gasteiger partial charge in [-0.3, -0.25) is 9.59 Å². The molecule has 4 aliphatic heterocycles. The summed E-state index contributed by atoms with van der Waals surface area (Å²) in [5.74, 6) is -2.66. The van der Waals surface area contributed by atoms with Crippen molar-refractivity contribution in [1.82, 2.24) is 35.1 Å². The van der Waals surface area contributed by atoms with E-state index in [1.807, 2.05) is 27.7 Å². The number of carbonyl (C=O) groups excluding carboxylic acids is 3. The van der Waals surface area contributed by atoms with Crippen LogP contribution in [0.5, 0.6) is 0 Å². The predicted molar refractivity (Wildman–Crippen MR) is 267 cm³/mol. The molecule has 0 spiro atoms. The number of amides is 3. The topological polar surface area (TPSA) is 143 Å². The number of halogens is 5. The van der Waals surface area contributed by atoms with Crippen molar-refractivity contribution >= 4 is 51.3 Å². The van der Waals surface area contributed by atoms with E-state index in [-0.39, 0.29) is 91.0 Å². The number of alkyl halides is 1. The molecule has 385 valence electrons. The minimum atomic E-state index is -1.66. The number of alkyl carbamates (subject to hydrolysis) is 1. The van der Waals surface area contributed by atoms with E-state index < -0.39 is 59.2 Å². The third-order valence-corrected chi connectivity index (χ3v) is 15.4. The smallest absolute Gasteiger partial charge is 0.407 e. The summed E-state index contributed by atoms with van der Waals surface area (Å²) in [7, 11) is 1.23. The van der Waals surface area contributed by atoms with Crippen LogP contribution in [0.3, 0.4) is 0 Å². The van der Waals surface area contributed by atoms with Crippen LogP contribution < -0.4 is 15.1 Å². The van der Waals surface area contributed by atoms with Gasteiger partial charge in [-0.15, -0.1) is 0 Å². The number of aromatic nitrogens is 4. The first-order chi connectivity index (χ1) is 35.0. The second-order valence-electron chi connectivity index (χ2n) is 20.8. The summed E-state index contributed by atoms with van der Waals surface area (Å²) >= 11 is 0. The lowest BCUT2D eigenvalue weighted by molar-refractivity contribution is -0.135. The van der Waals surface area contributed by atoms with Gasteiger partial charge >= 0.3 is 6.09 Å². The van der Waals surface area contributed by atoms with Gasteiger partial charge in [0.1, 0.15) is 40.7 Å². The molecule has 1 radical (unpaired) electrons. The molecule has 4 aromatic carbocycles. The Morgan fingerprint density at radius 2 is 1.25 bits per heavy atom. The number of ether oxygens (including phenoxy) is 1. The van der Waals surface area contributed by atoms with Gasteiger partial charge in [0.2, 0.25) is 11.8 Å². The van der Waals surface area contributed by atoms with Gasteiger partial charge in [-0.25, -0.2) is 36.7 Å². The van der Waals surface area contributed by atoms with Crippen molar-refractivity contribution < 1.29 is 41.1 Å². The first-order valence-electron chi connectivity index (χ1n) is 25.5. The molecular weight excluding hydrogens is 946 g/mol. The highest BCUT2D eigenvalue weighted by Crippen LogP contribution is 2.50. The van der Waals surface area contributed by atoms with E-state index in [0.29, 0.717) is 71.6 Å². The summed E-state index contributed by atoms with van der Waals surface area (Å²) < 4.78 is 88.2. The van der Waals surface area contributed by atoms with E-state index in [1.54, 1.807) is 63.6 Å². The number of aromatic amines is 2. The van der Waals surface area contributed by atoms with Crippen LogP contribution in [-0.4, -0.2) is 87.0 Å². The number of nitrogens with one attached hydrogen (secondary N) is 3. The standard InChI is InChI=1S/C55H61F5N9O4/c1-30(2)23-48(70)67-19-9-13-46(67)51-61-40-26-34(36(56)28-42(40)63-51)44-15-16-45(69(44)33-24-38(58)50(39(59)25-33)66-21-17-55(60,18-22-66)32-11-7-6-8-12-32)35-27-41-43(29-37(35)57)64-52(62-41)47-14-10-20-68(47)53(71)49(31(3)4)65-54(72)73-5/h6-8,11-12,23-31,44-47,49H,9-10,13-22H2,1-5H3,(H,61,63)(H,62,64)(H,65,72)/t44-,45-,46+,47+,49+/m1/s1. The summed E-state index contributed by atoms with van der Waals surface area (Å²) in [5, 5.41) is 2.65. The molecule has 5 atom stereocenters. The van der Waals surface area contributed by atoms with Crippen LogP contribution in [0.2, 0.25) is 0 Å². The Hall–Kier alpha value is -6.72. The Kier molecular flexibility index (Phi) is 13.6. The fraction of sp³-hybridized carbons (Fsp3) is 0.455. The van der Waals surface area contributed by atoms with Crippen LogP contribution in [0.1, 0.15) is 132 Å². The van der Waals surface area contributed by atoms with Crippen LogP contribution in [0.4, 0.5) is 38.1 Å². The van der Waals surface area contributed by atoms with Crippen molar-refractivity contribution in [3.05, 3.63) is 125 Å². The highest BCUT2D eigenvalue weighted by atomic mass is 19.2. The maximum absolute atomic E-state index is 16.9. The van der Waals surface area contributed by atoms with Gasteiger partial charge in [0, 0.05) is 55.8 Å². The first kappa shape index (κ1) is 49.8. The van der Waals surface area contributed by atoms with Crippen molar-refractivity contribution in [2.75, 3.05) is 43.1 Å². The molecule has 0 unspecified atom stereocenters. The Labute approximate surface area is 420 Å². The highest BCUT2D eigenvalue weighted by Gasteiger charge is 2.43. The van der Waals surface area contributed by atoms with E-state index in [1.165, 1.54) is 36.3 Å². The van der Waals surface area contributed by atoms with Crippen molar-refractivity contribution in [2.24, 2.45) is 11.8 Å². The minimum absolute atomic E-state index is 0.0207. The van der Waals surface area contributed by atoms with Crippen molar-refractivity contribution in [3.63, 3.8) is 0 Å². The average molecular weight is 1010 g/mol. The number of H-pyrrole nitrogens is 2. The zero-order chi connectivity index (χ0) is 51.5. The number of carbonyl (C=O) groups is 3. The molecule has 0 aliphatic carbocycles. The van der Waals surface area contributed by atoms with E-state index >= 15 is 22.0 Å². The lowest BCUT2D eigenvalue weighted by atomic mass is 9.86. The molecule has 4 saturated heterocycles. The summed E-state index contributed by atoms with van der Waals surface area (Å²) in [5.41, 5.74) is 0.594. The number of likely N-dealkylation sites (tertiary alicyclic amines) is 2. The molecule has 6 heterocycles. The van der Waals surface area contributed by atoms with Gasteiger partial charge in [-0.2, -0.15) is 0 Å². The van der Waals surface area contributed by atoms with Gasteiger partial charge in [-0.1, -0.05) is 58.0 Å². The van der Waals surface area contributed by atoms with Gasteiger partial charge in [0.15, 0.2) is 11.6 Å². The molecule has 0 bridgehead atoms. The zero-order valence-corrected chi connectivity index (χ0v) is 41.7. The fourth-order valence-corrected chi connectivity index (χ4v) is 11.7. The summed E-state index contributed by atoms with van der Waals surface area (Å²) in [4.78, 5) is 62.2. The number of benzene rings is 4. The highest BCUT2D eigenvalue weighted by molar-refractivity contribution is 5.87. The Morgan fingerprint density at radius 3 is 1.77 bits per heavy atom. The number of piperidine rings is 1. The van der Waals surface area contributed by atoms with E-state index in [9.17, 15) is 14.4 Å². The number of imidazole rings is 2. The largest absolute Gasteiger partial charge is 0.453 e. The van der Waals surface area contributed by atoms with Crippen LogP contribution in [0, 0.1) is 41.5 Å². The Morgan fingerprint density at radius 1 is 0.712 bits per heavy atom. The second-order valence-corrected chi connectivity index (χ2v) is 20.8. The number of rotatable bonds is 12. The van der Waals surface area contributed by atoms with Crippen LogP contribution in [0.25, 0.3) is 22.1 Å². The second kappa shape index (κ2) is 19.9. The molecule has 3 amide bonds. The quantitative estimate of drug-likeness (QED) is 0.103. The van der Waals surface area contributed by atoms with Crippen molar-refractivity contribution in [1.29, 1.82) is 0 Å². The maximum Gasteiger partial charge on any atom is 0.407 e.